The zero-order valence-corrected chi connectivity index (χ0v) is 12.8. The minimum atomic E-state index is -0.159. The maximum atomic E-state index is 12.4. The van der Waals surface area contributed by atoms with Gasteiger partial charge in [0.05, 0.1) is 18.7 Å². The summed E-state index contributed by atoms with van der Waals surface area (Å²) in [4.78, 5) is 25.6. The van der Waals surface area contributed by atoms with Crippen molar-refractivity contribution in [2.24, 2.45) is 5.92 Å². The van der Waals surface area contributed by atoms with Crippen LogP contribution in [-0.4, -0.2) is 36.9 Å². The number of piperidine rings is 1. The van der Waals surface area contributed by atoms with Crippen LogP contribution in [-0.2, 0) is 9.59 Å². The van der Waals surface area contributed by atoms with Crippen molar-refractivity contribution in [3.63, 3.8) is 0 Å². The van der Waals surface area contributed by atoms with Gasteiger partial charge in [-0.15, -0.1) is 0 Å². The van der Waals surface area contributed by atoms with Gasteiger partial charge in [-0.1, -0.05) is 6.07 Å². The van der Waals surface area contributed by atoms with Gasteiger partial charge < -0.3 is 15.0 Å². The molecule has 0 spiro atoms. The van der Waals surface area contributed by atoms with Crippen LogP contribution in [0.25, 0.3) is 0 Å². The van der Waals surface area contributed by atoms with E-state index in [1.54, 1.807) is 18.9 Å². The summed E-state index contributed by atoms with van der Waals surface area (Å²) in [5.41, 5.74) is 1.74. The van der Waals surface area contributed by atoms with Gasteiger partial charge in [-0.3, -0.25) is 9.59 Å². The molecule has 0 radical (unpaired) electrons. The first-order valence-electron chi connectivity index (χ1n) is 7.22. The van der Waals surface area contributed by atoms with Crippen molar-refractivity contribution >= 4 is 17.5 Å². The number of carbonyl (C=O) groups excluding carboxylic acids is 2. The molecule has 21 heavy (non-hydrogen) atoms. The predicted octanol–water partition coefficient (Wildman–Crippen LogP) is 2.20. The predicted molar refractivity (Wildman–Crippen MR) is 81.3 cm³/mol. The van der Waals surface area contributed by atoms with Crippen LogP contribution in [0.4, 0.5) is 5.69 Å². The van der Waals surface area contributed by atoms with E-state index in [2.05, 4.69) is 5.32 Å². The van der Waals surface area contributed by atoms with E-state index < -0.39 is 0 Å². The van der Waals surface area contributed by atoms with Crippen molar-refractivity contribution in [1.82, 2.24) is 4.90 Å². The van der Waals surface area contributed by atoms with Gasteiger partial charge in [0, 0.05) is 20.0 Å². The van der Waals surface area contributed by atoms with E-state index >= 15 is 0 Å². The third-order valence-electron chi connectivity index (χ3n) is 3.85. The Balaban J connectivity index is 2.07. The van der Waals surface area contributed by atoms with Gasteiger partial charge >= 0.3 is 0 Å². The molecule has 1 heterocycles. The van der Waals surface area contributed by atoms with Crippen LogP contribution in [0.3, 0.4) is 0 Å². The number of benzene rings is 1. The highest BCUT2D eigenvalue weighted by Gasteiger charge is 2.27. The minimum absolute atomic E-state index is 0.0284. The number of anilines is 1. The zero-order chi connectivity index (χ0) is 15.4. The monoisotopic (exact) mass is 290 g/mol. The summed E-state index contributed by atoms with van der Waals surface area (Å²) in [5, 5.41) is 2.93. The summed E-state index contributed by atoms with van der Waals surface area (Å²) in [6, 6.07) is 5.67. The molecule has 1 aromatic carbocycles. The summed E-state index contributed by atoms with van der Waals surface area (Å²) in [6.45, 7) is 4.75. The lowest BCUT2D eigenvalue weighted by Crippen LogP contribution is -2.42. The van der Waals surface area contributed by atoms with E-state index in [0.29, 0.717) is 18.0 Å². The van der Waals surface area contributed by atoms with Crippen LogP contribution < -0.4 is 10.1 Å². The minimum Gasteiger partial charge on any atom is -0.495 e. The van der Waals surface area contributed by atoms with Crippen LogP contribution in [0.5, 0.6) is 5.75 Å². The highest BCUT2D eigenvalue weighted by atomic mass is 16.5. The Morgan fingerprint density at radius 3 is 2.81 bits per heavy atom. The molecule has 0 bridgehead atoms. The standard InChI is InChI=1S/C16H22N2O3/c1-11-6-7-15(21-3)14(9-11)17-16(20)13-5-4-8-18(10-13)12(2)19/h6-7,9,13H,4-5,8,10H2,1-3H3,(H,17,20). The number of nitrogens with one attached hydrogen (secondary N) is 1. The topological polar surface area (TPSA) is 58.6 Å². The van der Waals surface area contributed by atoms with Crippen LogP contribution in [0.2, 0.25) is 0 Å². The Hall–Kier alpha value is -2.04. The number of hydrogen-bond donors (Lipinski definition) is 1. The molecule has 1 fully saturated rings. The number of methoxy groups -OCH3 is 1. The SMILES string of the molecule is COc1ccc(C)cc1NC(=O)C1CCCN(C(C)=O)C1. The van der Waals surface area contributed by atoms with Gasteiger partial charge in [-0.25, -0.2) is 0 Å². The van der Waals surface area contributed by atoms with E-state index in [1.165, 1.54) is 0 Å². The summed E-state index contributed by atoms with van der Waals surface area (Å²) >= 11 is 0. The van der Waals surface area contributed by atoms with Crippen LogP contribution in [0.15, 0.2) is 18.2 Å². The molecule has 0 aliphatic carbocycles. The third-order valence-corrected chi connectivity index (χ3v) is 3.85. The number of carbonyl (C=O) groups is 2. The molecule has 114 valence electrons. The molecule has 2 rings (SSSR count). The molecule has 1 aromatic rings. The molecular formula is C16H22N2O3. The molecule has 0 aromatic heterocycles. The van der Waals surface area contributed by atoms with Crippen LogP contribution >= 0.6 is 0 Å². The third kappa shape index (κ3) is 3.74. The van der Waals surface area contributed by atoms with Crippen LogP contribution in [0, 0.1) is 12.8 Å². The first kappa shape index (κ1) is 15.4. The van der Waals surface area contributed by atoms with Crippen molar-refractivity contribution < 1.29 is 14.3 Å². The van der Waals surface area contributed by atoms with Gasteiger partial charge in [0.25, 0.3) is 0 Å². The summed E-state index contributed by atoms with van der Waals surface area (Å²) in [7, 11) is 1.58. The molecule has 1 aliphatic rings. The number of likely N-dealkylation sites (tertiary alicyclic amines) is 1. The molecule has 1 N–H and O–H groups in total. The van der Waals surface area contributed by atoms with Crippen molar-refractivity contribution in [2.75, 3.05) is 25.5 Å². The lowest BCUT2D eigenvalue weighted by atomic mass is 9.97. The number of hydrogen-bond acceptors (Lipinski definition) is 3. The molecule has 5 nitrogen and oxygen atoms in total. The van der Waals surface area contributed by atoms with Crippen molar-refractivity contribution in [2.45, 2.75) is 26.7 Å². The van der Waals surface area contributed by atoms with E-state index in [1.807, 2.05) is 25.1 Å². The molecule has 5 heteroatoms. The number of amides is 2. The maximum Gasteiger partial charge on any atom is 0.229 e. The first-order valence-corrected chi connectivity index (χ1v) is 7.22. The molecule has 1 atom stereocenters. The number of nitrogens with zero attached hydrogens (tertiary/aromatic N) is 1. The fourth-order valence-electron chi connectivity index (χ4n) is 2.63. The Morgan fingerprint density at radius 1 is 1.38 bits per heavy atom. The normalized spacial score (nSPS) is 18.2. The highest BCUT2D eigenvalue weighted by Crippen LogP contribution is 2.27. The van der Waals surface area contributed by atoms with Crippen molar-refractivity contribution in [3.8, 4) is 5.75 Å². The molecule has 1 aliphatic heterocycles. The van der Waals surface area contributed by atoms with Crippen LogP contribution in [0.1, 0.15) is 25.3 Å². The number of aryl methyl sites for hydroxylation is 1. The second-order valence-corrected chi connectivity index (χ2v) is 5.50. The van der Waals surface area contributed by atoms with Crippen molar-refractivity contribution in [3.05, 3.63) is 23.8 Å². The average molecular weight is 290 g/mol. The van der Waals surface area contributed by atoms with E-state index in [4.69, 9.17) is 4.74 Å². The van der Waals surface area contributed by atoms with Crippen molar-refractivity contribution in [1.29, 1.82) is 0 Å². The fourth-order valence-corrected chi connectivity index (χ4v) is 2.63. The summed E-state index contributed by atoms with van der Waals surface area (Å²) < 4.78 is 5.27. The molecular weight excluding hydrogens is 268 g/mol. The number of ether oxygens (including phenoxy) is 1. The molecule has 1 saturated heterocycles. The fraction of sp³-hybridized carbons (Fsp3) is 0.500. The van der Waals surface area contributed by atoms with E-state index in [-0.39, 0.29) is 17.7 Å². The van der Waals surface area contributed by atoms with Gasteiger partial charge in [0.15, 0.2) is 0 Å². The second-order valence-electron chi connectivity index (χ2n) is 5.50. The Labute approximate surface area is 125 Å². The lowest BCUT2D eigenvalue weighted by molar-refractivity contribution is -0.132. The highest BCUT2D eigenvalue weighted by molar-refractivity contribution is 5.94. The molecule has 2 amide bonds. The Morgan fingerprint density at radius 2 is 2.14 bits per heavy atom. The first-order chi connectivity index (χ1) is 10.0. The zero-order valence-electron chi connectivity index (χ0n) is 12.8. The quantitative estimate of drug-likeness (QED) is 0.928. The Bertz CT molecular complexity index is 542. The smallest absolute Gasteiger partial charge is 0.229 e. The number of rotatable bonds is 3. The van der Waals surface area contributed by atoms with Gasteiger partial charge in [-0.05, 0) is 37.5 Å². The van der Waals surface area contributed by atoms with E-state index in [9.17, 15) is 9.59 Å². The van der Waals surface area contributed by atoms with Gasteiger partial charge in [0.2, 0.25) is 11.8 Å². The second kappa shape index (κ2) is 6.61. The largest absolute Gasteiger partial charge is 0.495 e. The summed E-state index contributed by atoms with van der Waals surface area (Å²) in [6.07, 6.45) is 1.67. The maximum absolute atomic E-state index is 12.4. The lowest BCUT2D eigenvalue weighted by Gasteiger charge is -2.31. The molecule has 1 unspecified atom stereocenters. The van der Waals surface area contributed by atoms with Gasteiger partial charge in [-0.2, -0.15) is 0 Å². The molecule has 0 saturated carbocycles. The summed E-state index contributed by atoms with van der Waals surface area (Å²) in [5.74, 6) is 0.464. The van der Waals surface area contributed by atoms with Gasteiger partial charge in [0.1, 0.15) is 5.75 Å². The Kier molecular flexibility index (Phi) is 4.83. The average Bonchev–Trinajstić information content (AvgIpc) is 2.47. The van der Waals surface area contributed by atoms with E-state index in [0.717, 1.165) is 24.9 Å².